The Morgan fingerprint density at radius 1 is 0.645 bits per heavy atom. The maximum atomic E-state index is 12.7. The molecule has 0 unspecified atom stereocenters. The number of nitrogens with zero attached hydrogens (tertiary/aromatic N) is 11. The first-order valence-corrected chi connectivity index (χ1v) is 36.7. The Labute approximate surface area is 638 Å². The molecular formula is C75H105F6N18O10P. The molecule has 0 aliphatic carbocycles. The van der Waals surface area contributed by atoms with Crippen molar-refractivity contribution in [2.24, 2.45) is 5.73 Å². The number of pyridine rings is 1. The number of benzene rings is 4. The number of nitrogens with one attached hydrogen (secondary N) is 6. The van der Waals surface area contributed by atoms with Crippen LogP contribution in [0.1, 0.15) is 121 Å². The van der Waals surface area contributed by atoms with Crippen molar-refractivity contribution in [3.05, 3.63) is 175 Å². The van der Waals surface area contributed by atoms with Crippen LogP contribution in [0.3, 0.4) is 0 Å². The molecule has 8 rings (SSSR count). The van der Waals surface area contributed by atoms with Crippen LogP contribution in [-0.2, 0) is 9.47 Å². The Balaban J connectivity index is 0.000000379. The summed E-state index contributed by atoms with van der Waals surface area (Å²) < 4.78 is 82.4. The van der Waals surface area contributed by atoms with Crippen LogP contribution >= 0.6 is 7.81 Å². The van der Waals surface area contributed by atoms with Crippen LogP contribution in [-0.4, -0.2) is 180 Å². The predicted octanol–water partition coefficient (Wildman–Crippen LogP) is 16.3. The van der Waals surface area contributed by atoms with Crippen molar-refractivity contribution in [1.29, 1.82) is 0 Å². The number of carboxylic acids is 1. The van der Waals surface area contributed by atoms with E-state index in [9.17, 15) is 44.4 Å². The number of Topliss-reactive ketones (excluding diaryl/α,β-unsaturated/α-hetero) is 1. The number of alkyl carbamates (subject to hydrolysis) is 2. The van der Waals surface area contributed by atoms with Crippen LogP contribution in [0.25, 0.3) is 11.2 Å². The number of rotatable bonds is 26. The fourth-order valence-electron chi connectivity index (χ4n) is 9.13. The number of ketones is 1. The SMILES string of the molecule is C=CCOc1ccc(C)c(Nc2ccnc(Nc3cccc(C(=O)CCCNC(=O)OC(C)(C)C)c3)n2)c1.C=CCOc1ccc(C)c(Nc2ccnc(Nc3cccc(C(=O)O)c3)n2)c1.CC(C)(C)OC(=O)NCCN.CCN(C(C)C)C(C)C.CN(C)C(On1nnc2cccnc21)=[N+](C)C.F[P-](F)(F)(F)(F)F. The minimum atomic E-state index is -10.7. The van der Waals surface area contributed by atoms with Crippen LogP contribution < -0.4 is 51.9 Å². The molecule has 602 valence electrons. The average Bonchev–Trinajstić information content (AvgIpc) is 0.984. The van der Waals surface area contributed by atoms with Crippen molar-refractivity contribution < 1.29 is 77.8 Å². The molecule has 4 aromatic heterocycles. The molecule has 0 saturated heterocycles. The van der Waals surface area contributed by atoms with Gasteiger partial charge in [0.25, 0.3) is 0 Å². The van der Waals surface area contributed by atoms with E-state index in [1.165, 1.54) is 17.0 Å². The Morgan fingerprint density at radius 3 is 1.52 bits per heavy atom. The van der Waals surface area contributed by atoms with E-state index in [0.29, 0.717) is 115 Å². The summed E-state index contributed by atoms with van der Waals surface area (Å²) in [6.07, 6.45) is 8.23. The van der Waals surface area contributed by atoms with Crippen molar-refractivity contribution >= 4 is 95.2 Å². The van der Waals surface area contributed by atoms with E-state index in [4.69, 9.17) is 34.6 Å². The van der Waals surface area contributed by atoms with Gasteiger partial charge in [-0.3, -0.25) is 14.5 Å². The van der Waals surface area contributed by atoms with Gasteiger partial charge in [0, 0.05) is 97.2 Å². The van der Waals surface area contributed by atoms with E-state index in [1.54, 1.807) is 94.0 Å². The third-order valence-electron chi connectivity index (χ3n) is 13.7. The summed E-state index contributed by atoms with van der Waals surface area (Å²) in [4.78, 5) is 79.2. The van der Waals surface area contributed by atoms with E-state index in [0.717, 1.165) is 40.5 Å². The number of carboxylic acid groups (broad SMARTS) is 1. The number of carbonyl (C=O) groups excluding carboxylic acids is 3. The fraction of sp³-hybridized carbons (Fsp3) is 0.387. The number of hydrogen-bond donors (Lipinski definition) is 8. The second kappa shape index (κ2) is 43.1. The zero-order valence-electron chi connectivity index (χ0n) is 65.3. The first-order valence-electron chi connectivity index (χ1n) is 34.7. The van der Waals surface area contributed by atoms with E-state index in [-0.39, 0.29) is 11.3 Å². The van der Waals surface area contributed by atoms with Crippen LogP contribution in [0, 0.1) is 13.8 Å². The zero-order valence-corrected chi connectivity index (χ0v) is 66.2. The summed E-state index contributed by atoms with van der Waals surface area (Å²) in [5.41, 5.74) is 11.3. The van der Waals surface area contributed by atoms with E-state index < -0.39 is 37.2 Å². The molecule has 2 amide bonds. The van der Waals surface area contributed by atoms with Crippen molar-refractivity contribution in [2.75, 3.05) is 88.9 Å². The number of amidine groups is 1. The van der Waals surface area contributed by atoms with Crippen molar-refractivity contribution in [3.63, 3.8) is 0 Å². The molecule has 110 heavy (non-hydrogen) atoms. The van der Waals surface area contributed by atoms with Gasteiger partial charge in [0.15, 0.2) is 5.78 Å². The van der Waals surface area contributed by atoms with Crippen LogP contribution in [0.15, 0.2) is 153 Å². The number of aromatic nitrogens is 8. The molecule has 8 aromatic rings. The summed E-state index contributed by atoms with van der Waals surface area (Å²) in [5.74, 6) is 2.38. The van der Waals surface area contributed by atoms with Gasteiger partial charge in [-0.2, -0.15) is 9.97 Å². The van der Waals surface area contributed by atoms with Gasteiger partial charge in [0.05, 0.1) is 33.8 Å². The van der Waals surface area contributed by atoms with Gasteiger partial charge in [-0.25, -0.2) is 38.8 Å². The number of ether oxygens (including phenoxy) is 4. The molecule has 28 nitrogen and oxygen atoms in total. The number of aryl methyl sites for hydroxylation is 2. The fourth-order valence-corrected chi connectivity index (χ4v) is 9.13. The number of hydrogen-bond acceptors (Lipinski definition) is 22. The molecule has 0 bridgehead atoms. The number of amides is 2. The van der Waals surface area contributed by atoms with Gasteiger partial charge in [-0.1, -0.05) is 62.6 Å². The Hall–Kier alpha value is -11.2. The average molecular weight is 1560 g/mol. The standard InChI is InChI=1S/C29H35N5O4.C21H20N4O3.C10H15N6O.C8H19N.C7H16N2O2.F6P/c1-6-17-37-23-13-12-20(2)24(19-23)33-26-14-16-30-27(34-26)32-22-10-7-9-21(18-22)25(35)11-8-15-31-28(36)38-29(3,4)5;1-3-11-28-17-8-7-14(2)18(13-17)24-19-9-10-22-21(25-19)23-16-6-4-5-15(12-16)20(26)27;1-14(2)10(15(3)4)17-16-9-8(12-13-16)6-5-7-11-9;1-6-9(7(2)3)8(4)5;1-7(2,3)11-6(10)9-5-4-8;1-7(2,3,4,5)6/h6-7,9-10,12-14,16,18-19H,1,8,11,15,17H2,2-5H3,(H,31,36)(H2,30,32,33,34);3-10,12-13H,1,11H2,2H3,(H,26,27)(H2,22,23,24,25);5-7H,1-4H3;7-8H,6H2,1-5H3;4-5,8H2,1-3H3,(H,9,10);/q;;+1;;;-1. The van der Waals surface area contributed by atoms with Gasteiger partial charge < -0.3 is 61.7 Å². The van der Waals surface area contributed by atoms with E-state index in [2.05, 4.69) is 120 Å². The molecule has 35 heteroatoms. The number of halogens is 6. The third kappa shape index (κ3) is 39.6. The molecular weight excluding hydrogens is 1460 g/mol. The molecule has 0 aliphatic heterocycles. The van der Waals surface area contributed by atoms with Gasteiger partial charge >= 0.3 is 57.2 Å². The number of anilines is 8. The summed E-state index contributed by atoms with van der Waals surface area (Å²) in [6.45, 7) is 36.6. The number of fused-ring (bicyclic) bond motifs is 1. The summed E-state index contributed by atoms with van der Waals surface area (Å²) in [5, 5.41) is 34.9. The van der Waals surface area contributed by atoms with Crippen LogP contribution in [0.5, 0.6) is 11.5 Å². The van der Waals surface area contributed by atoms with E-state index in [1.807, 2.05) is 127 Å². The summed E-state index contributed by atoms with van der Waals surface area (Å²) in [6, 6.07) is 34.3. The van der Waals surface area contributed by atoms with Gasteiger partial charge in [-0.15, -0.1) is 5.10 Å². The molecule has 0 atom stereocenters. The predicted molar refractivity (Wildman–Crippen MR) is 421 cm³/mol. The quantitative estimate of drug-likeness (QED) is 0.00365. The van der Waals surface area contributed by atoms with Gasteiger partial charge in [-0.05, 0) is 184 Å². The molecule has 4 aromatic carbocycles. The minimum absolute atomic E-state index is 0.0231. The maximum absolute atomic E-state index is 12.7. The number of nitrogens with two attached hydrogens (primary N) is 1. The topological polar surface area (TPSA) is 338 Å². The Morgan fingerprint density at radius 2 is 1.11 bits per heavy atom. The van der Waals surface area contributed by atoms with Crippen LogP contribution in [0.4, 0.5) is 81.1 Å². The number of aromatic carboxylic acids is 1. The molecule has 4 heterocycles. The van der Waals surface area contributed by atoms with Crippen molar-refractivity contribution in [1.82, 2.24) is 60.5 Å². The molecule has 0 saturated carbocycles. The van der Waals surface area contributed by atoms with Crippen molar-refractivity contribution in [3.8, 4) is 11.5 Å². The molecule has 0 spiro atoms. The monoisotopic (exact) mass is 1560 g/mol. The first-order chi connectivity index (χ1) is 51.3. The second-order valence-corrected chi connectivity index (χ2v) is 28.7. The summed E-state index contributed by atoms with van der Waals surface area (Å²) >= 11 is 0. The zero-order chi connectivity index (χ0) is 82.6. The molecule has 0 aliphatic rings. The second-order valence-electron chi connectivity index (χ2n) is 26.8. The Kier molecular flexibility index (Phi) is 36.4. The van der Waals surface area contributed by atoms with Gasteiger partial charge in [0.1, 0.15) is 53.1 Å². The normalized spacial score (nSPS) is 11.5. The van der Waals surface area contributed by atoms with Crippen LogP contribution in [0.2, 0.25) is 0 Å². The summed E-state index contributed by atoms with van der Waals surface area (Å²) in [7, 11) is -3.09. The number of carbonyl (C=O) groups is 4. The molecule has 9 N–H and O–H groups in total. The molecule has 0 fully saturated rings. The first kappa shape index (κ1) is 93.0. The van der Waals surface area contributed by atoms with Gasteiger partial charge in [0.2, 0.25) is 17.5 Å². The van der Waals surface area contributed by atoms with E-state index >= 15 is 0 Å². The Bertz CT molecular complexity index is 4290. The molecule has 0 radical (unpaired) electrons. The third-order valence-corrected chi connectivity index (χ3v) is 13.7. The van der Waals surface area contributed by atoms with Crippen molar-refractivity contribution in [2.45, 2.75) is 126 Å².